The Kier molecular flexibility index (Phi) is 8.95. The van der Waals surface area contributed by atoms with E-state index in [0.29, 0.717) is 33.9 Å². The minimum Gasteiger partial charge on any atom is -0.489 e. The van der Waals surface area contributed by atoms with Crippen molar-refractivity contribution in [3.63, 3.8) is 0 Å². The fraction of sp³-hybridized carbons (Fsp3) is 0.333. The molecule has 1 aromatic heterocycles. The summed E-state index contributed by atoms with van der Waals surface area (Å²) in [6, 6.07) is 2.97. The van der Waals surface area contributed by atoms with Crippen molar-refractivity contribution < 1.29 is 26.6 Å². The van der Waals surface area contributed by atoms with Crippen molar-refractivity contribution in [3.8, 4) is 5.75 Å². The molecule has 129 valence electrons. The van der Waals surface area contributed by atoms with Gasteiger partial charge in [-0.25, -0.2) is 9.78 Å². The number of halogens is 3. The van der Waals surface area contributed by atoms with Crippen LogP contribution in [0, 0.1) is 0 Å². The van der Waals surface area contributed by atoms with Crippen molar-refractivity contribution in [2.24, 2.45) is 0 Å². The van der Waals surface area contributed by atoms with Crippen LogP contribution in [0.15, 0.2) is 30.9 Å². The second-order valence-electron chi connectivity index (χ2n) is 4.79. The molecule has 0 atom stereocenters. The van der Waals surface area contributed by atoms with Crippen molar-refractivity contribution in [1.82, 2.24) is 14.5 Å². The fourth-order valence-corrected chi connectivity index (χ4v) is 2.96. The van der Waals surface area contributed by atoms with Crippen molar-refractivity contribution in [1.29, 1.82) is 0 Å². The van der Waals surface area contributed by atoms with Gasteiger partial charge in [0.15, 0.2) is 5.75 Å². The monoisotopic (exact) mass is 430 g/mol. The van der Waals surface area contributed by atoms with Crippen molar-refractivity contribution in [2.45, 2.75) is 13.3 Å². The van der Waals surface area contributed by atoms with Gasteiger partial charge in [0, 0.05) is 24.0 Å². The molecule has 0 saturated heterocycles. The Bertz CT molecular complexity index is 645. The standard InChI is InChI=1S/C15H16Cl3N3O2.Mn/c1-2-4-20(15(22)21-5-3-19-10-21)6-7-23-14-12(17)8-11(16)9-13(14)18;/h3,5,8-10H,2,4,6-7H2,1H3;/q;+2. The van der Waals surface area contributed by atoms with E-state index >= 15 is 0 Å². The number of hydrogen-bond donors (Lipinski definition) is 0. The molecule has 0 spiro atoms. The molecule has 0 fully saturated rings. The molecule has 1 aromatic carbocycles. The predicted molar refractivity (Wildman–Crippen MR) is 91.9 cm³/mol. The minimum absolute atomic E-state index is 0. The van der Waals surface area contributed by atoms with Gasteiger partial charge >= 0.3 is 23.1 Å². The zero-order valence-electron chi connectivity index (χ0n) is 12.9. The number of carbonyl (C=O) groups is 1. The summed E-state index contributed by atoms with van der Waals surface area (Å²) in [7, 11) is 0. The minimum atomic E-state index is -0.152. The fourth-order valence-electron chi connectivity index (χ4n) is 2.03. The second-order valence-corrected chi connectivity index (χ2v) is 6.04. The first-order valence-electron chi connectivity index (χ1n) is 7.07. The number of hydrogen-bond acceptors (Lipinski definition) is 3. The summed E-state index contributed by atoms with van der Waals surface area (Å²) in [6.45, 7) is 3.28. The summed E-state index contributed by atoms with van der Waals surface area (Å²) in [6.07, 6.45) is 5.48. The molecule has 1 radical (unpaired) electrons. The predicted octanol–water partition coefficient (Wildman–Crippen LogP) is 4.60. The van der Waals surface area contributed by atoms with Gasteiger partial charge in [0.2, 0.25) is 0 Å². The Morgan fingerprint density at radius 2 is 1.92 bits per heavy atom. The van der Waals surface area contributed by atoms with Crippen LogP contribution in [0.1, 0.15) is 13.3 Å². The normalized spacial score (nSPS) is 10.2. The van der Waals surface area contributed by atoms with Crippen LogP contribution in [0.25, 0.3) is 0 Å². The van der Waals surface area contributed by atoms with Crippen LogP contribution in [0.3, 0.4) is 0 Å². The third kappa shape index (κ3) is 5.57. The first-order chi connectivity index (χ1) is 11.0. The average Bonchev–Trinajstić information content (AvgIpc) is 3.02. The van der Waals surface area contributed by atoms with Gasteiger partial charge in [-0.2, -0.15) is 0 Å². The SMILES string of the molecule is CCCN(CCOc1c(Cl)cc(Cl)cc1Cl)C(=O)n1ccnc1.[Mn+2]. The molecule has 0 aliphatic carbocycles. The van der Waals surface area contributed by atoms with Crippen LogP contribution in [0.2, 0.25) is 15.1 Å². The van der Waals surface area contributed by atoms with Crippen LogP contribution in [0.4, 0.5) is 4.79 Å². The van der Waals surface area contributed by atoms with Gasteiger partial charge in [0.25, 0.3) is 0 Å². The molecule has 2 rings (SSSR count). The Balaban J connectivity index is 0.00000288. The quantitative estimate of drug-likeness (QED) is 0.628. The average molecular weight is 432 g/mol. The van der Waals surface area contributed by atoms with Crippen LogP contribution >= 0.6 is 34.8 Å². The summed E-state index contributed by atoms with van der Waals surface area (Å²) < 4.78 is 7.05. The van der Waals surface area contributed by atoms with Gasteiger partial charge in [-0.05, 0) is 18.6 Å². The van der Waals surface area contributed by atoms with E-state index in [2.05, 4.69) is 4.98 Å². The number of nitrogens with zero attached hydrogens (tertiary/aromatic N) is 3. The smallest absolute Gasteiger partial charge is 0.489 e. The van der Waals surface area contributed by atoms with E-state index < -0.39 is 0 Å². The van der Waals surface area contributed by atoms with E-state index in [-0.39, 0.29) is 29.7 Å². The van der Waals surface area contributed by atoms with E-state index in [9.17, 15) is 4.79 Å². The van der Waals surface area contributed by atoms with Crippen LogP contribution in [-0.4, -0.2) is 40.2 Å². The number of aromatic nitrogens is 2. The van der Waals surface area contributed by atoms with Gasteiger partial charge in [-0.15, -0.1) is 0 Å². The number of rotatable bonds is 6. The Morgan fingerprint density at radius 3 is 2.46 bits per heavy atom. The first-order valence-corrected chi connectivity index (χ1v) is 8.21. The molecule has 2 aromatic rings. The maximum absolute atomic E-state index is 12.3. The molecule has 0 bridgehead atoms. The summed E-state index contributed by atoms with van der Waals surface area (Å²) >= 11 is 18.0. The molecule has 0 N–H and O–H groups in total. The largest absolute Gasteiger partial charge is 2.00 e. The second kappa shape index (κ2) is 10.2. The van der Waals surface area contributed by atoms with Crippen LogP contribution < -0.4 is 4.74 Å². The maximum atomic E-state index is 12.3. The first kappa shape index (κ1) is 21.1. The summed E-state index contributed by atoms with van der Waals surface area (Å²) in [4.78, 5) is 17.9. The Hall–Kier alpha value is -0.911. The van der Waals surface area contributed by atoms with Gasteiger partial charge in [-0.1, -0.05) is 41.7 Å². The summed E-state index contributed by atoms with van der Waals surface area (Å²) in [5.41, 5.74) is 0. The molecule has 0 saturated carbocycles. The number of carbonyl (C=O) groups excluding carboxylic acids is 1. The molecular formula is C15H16Cl3MnN3O2+2. The molecule has 24 heavy (non-hydrogen) atoms. The van der Waals surface area contributed by atoms with E-state index in [0.717, 1.165) is 6.42 Å². The Morgan fingerprint density at radius 1 is 1.25 bits per heavy atom. The van der Waals surface area contributed by atoms with Crippen LogP contribution in [0.5, 0.6) is 5.75 Å². The van der Waals surface area contributed by atoms with Crippen LogP contribution in [-0.2, 0) is 17.1 Å². The number of amides is 1. The topological polar surface area (TPSA) is 47.4 Å². The van der Waals surface area contributed by atoms with Crippen molar-refractivity contribution >= 4 is 40.8 Å². The number of ether oxygens (including phenoxy) is 1. The molecule has 9 heteroatoms. The maximum Gasteiger partial charge on any atom is 2.00 e. The zero-order valence-corrected chi connectivity index (χ0v) is 16.3. The van der Waals surface area contributed by atoms with Crippen molar-refractivity contribution in [2.75, 3.05) is 19.7 Å². The molecule has 0 aliphatic heterocycles. The molecule has 0 unspecified atom stereocenters. The Labute approximate surface area is 166 Å². The number of benzene rings is 1. The molecule has 1 heterocycles. The summed E-state index contributed by atoms with van der Waals surface area (Å²) in [5.74, 6) is 0.365. The molecular weight excluding hydrogens is 415 g/mol. The van der Waals surface area contributed by atoms with Gasteiger partial charge in [-0.3, -0.25) is 4.57 Å². The third-order valence-corrected chi connectivity index (χ3v) is 3.84. The third-order valence-electron chi connectivity index (χ3n) is 3.06. The van der Waals surface area contributed by atoms with E-state index in [1.54, 1.807) is 29.4 Å². The molecule has 0 aliphatic rings. The molecule has 1 amide bonds. The van der Waals surface area contributed by atoms with Gasteiger partial charge < -0.3 is 9.64 Å². The summed E-state index contributed by atoms with van der Waals surface area (Å²) in [5, 5.41) is 1.12. The van der Waals surface area contributed by atoms with Crippen molar-refractivity contribution in [3.05, 3.63) is 45.9 Å². The number of imidazole rings is 1. The van der Waals surface area contributed by atoms with Gasteiger partial charge in [0.05, 0.1) is 16.6 Å². The van der Waals surface area contributed by atoms with E-state index in [1.165, 1.54) is 10.9 Å². The van der Waals surface area contributed by atoms with E-state index in [1.807, 2.05) is 6.92 Å². The van der Waals surface area contributed by atoms with E-state index in [4.69, 9.17) is 39.5 Å². The van der Waals surface area contributed by atoms with Gasteiger partial charge in [0.1, 0.15) is 12.9 Å². The zero-order chi connectivity index (χ0) is 16.8. The molecule has 5 nitrogen and oxygen atoms in total.